The molecule has 0 unspecified atom stereocenters. The summed E-state index contributed by atoms with van der Waals surface area (Å²) < 4.78 is 32.7. The van der Waals surface area contributed by atoms with Crippen molar-refractivity contribution in [3.8, 4) is 5.75 Å². The molecule has 1 N–H and O–H groups in total. The monoisotopic (exact) mass is 471 g/mol. The summed E-state index contributed by atoms with van der Waals surface area (Å²) >= 11 is 6.06. The van der Waals surface area contributed by atoms with Crippen LogP contribution in [0.15, 0.2) is 82.8 Å². The minimum atomic E-state index is -4.07. The van der Waals surface area contributed by atoms with Gasteiger partial charge in [0, 0.05) is 5.02 Å². The summed E-state index contributed by atoms with van der Waals surface area (Å²) in [5, 5.41) is 4.28. The Labute approximate surface area is 192 Å². The summed E-state index contributed by atoms with van der Waals surface area (Å²) in [4.78, 5) is 12.6. The number of anilines is 1. The lowest BCUT2D eigenvalue weighted by Gasteiger charge is -2.24. The fraction of sp³-hybridized carbons (Fsp3) is 0.130. The van der Waals surface area contributed by atoms with Gasteiger partial charge in [0.05, 0.1) is 23.9 Å². The number of ether oxygens (including phenoxy) is 1. The lowest BCUT2D eigenvalue weighted by atomic mass is 10.2. The van der Waals surface area contributed by atoms with Crippen LogP contribution in [0, 0.1) is 6.92 Å². The van der Waals surface area contributed by atoms with Crippen LogP contribution in [-0.4, -0.2) is 34.2 Å². The van der Waals surface area contributed by atoms with Gasteiger partial charge >= 0.3 is 0 Å². The zero-order valence-electron chi connectivity index (χ0n) is 17.5. The maximum atomic E-state index is 13.3. The Morgan fingerprint density at radius 3 is 2.47 bits per heavy atom. The zero-order chi connectivity index (χ0) is 23.1. The van der Waals surface area contributed by atoms with Gasteiger partial charge in [0.2, 0.25) is 0 Å². The van der Waals surface area contributed by atoms with Crippen molar-refractivity contribution in [3.05, 3.63) is 88.9 Å². The second-order valence-corrected chi connectivity index (χ2v) is 9.17. The highest BCUT2D eigenvalue weighted by Gasteiger charge is 2.27. The Balaban J connectivity index is 1.85. The number of rotatable bonds is 8. The summed E-state index contributed by atoms with van der Waals surface area (Å²) in [6.45, 7) is 1.46. The van der Waals surface area contributed by atoms with Gasteiger partial charge in [-0.2, -0.15) is 5.10 Å². The second-order valence-electron chi connectivity index (χ2n) is 6.87. The predicted octanol–water partition coefficient (Wildman–Crippen LogP) is 4.00. The first-order valence-electron chi connectivity index (χ1n) is 9.60. The van der Waals surface area contributed by atoms with Crippen molar-refractivity contribution in [2.45, 2.75) is 11.8 Å². The van der Waals surface area contributed by atoms with Crippen LogP contribution in [0.5, 0.6) is 5.75 Å². The Bertz CT molecular complexity index is 1230. The molecular weight excluding hydrogens is 450 g/mol. The van der Waals surface area contributed by atoms with E-state index in [1.807, 2.05) is 31.2 Å². The first kappa shape index (κ1) is 23.3. The Hall–Kier alpha value is -3.36. The maximum Gasteiger partial charge on any atom is 0.264 e. The highest BCUT2D eigenvalue weighted by atomic mass is 35.5. The molecule has 0 aliphatic rings. The SMILES string of the molecule is COc1ccc(S(=O)(=O)N(CC(=O)N/N=C\c2cccc(C)c2)c2cccc(Cl)c2)cc1. The van der Waals surface area contributed by atoms with Crippen molar-refractivity contribution >= 4 is 39.4 Å². The molecule has 0 aliphatic carbocycles. The molecule has 0 spiro atoms. The van der Waals surface area contributed by atoms with Gasteiger partial charge in [-0.25, -0.2) is 13.8 Å². The molecule has 0 fully saturated rings. The quantitative estimate of drug-likeness (QED) is 0.397. The maximum absolute atomic E-state index is 13.3. The number of methoxy groups -OCH3 is 1. The summed E-state index contributed by atoms with van der Waals surface area (Å²) in [7, 11) is -2.58. The Morgan fingerprint density at radius 2 is 1.81 bits per heavy atom. The molecule has 0 bridgehead atoms. The van der Waals surface area contributed by atoms with Gasteiger partial charge in [-0.05, 0) is 55.0 Å². The molecule has 3 aromatic carbocycles. The van der Waals surface area contributed by atoms with E-state index in [2.05, 4.69) is 10.5 Å². The van der Waals surface area contributed by atoms with Crippen molar-refractivity contribution in [1.29, 1.82) is 0 Å². The molecule has 0 aromatic heterocycles. The van der Waals surface area contributed by atoms with Crippen molar-refractivity contribution in [2.75, 3.05) is 18.0 Å². The molecule has 3 aromatic rings. The van der Waals surface area contributed by atoms with Crippen LogP contribution in [0.25, 0.3) is 0 Å². The molecule has 7 nitrogen and oxygen atoms in total. The van der Waals surface area contributed by atoms with Crippen LogP contribution in [0.2, 0.25) is 5.02 Å². The van der Waals surface area contributed by atoms with E-state index in [1.54, 1.807) is 18.2 Å². The number of halogens is 1. The topological polar surface area (TPSA) is 88.1 Å². The van der Waals surface area contributed by atoms with Crippen molar-refractivity contribution in [2.24, 2.45) is 5.10 Å². The van der Waals surface area contributed by atoms with Gasteiger partial charge in [-0.3, -0.25) is 9.10 Å². The fourth-order valence-electron chi connectivity index (χ4n) is 2.92. The molecule has 3 rings (SSSR count). The van der Waals surface area contributed by atoms with E-state index in [-0.39, 0.29) is 10.6 Å². The molecule has 0 aliphatic heterocycles. The number of benzene rings is 3. The van der Waals surface area contributed by atoms with Gasteiger partial charge in [0.15, 0.2) is 0 Å². The number of hydrogen-bond donors (Lipinski definition) is 1. The molecule has 0 saturated heterocycles. The zero-order valence-corrected chi connectivity index (χ0v) is 19.1. The summed E-state index contributed by atoms with van der Waals surface area (Å²) in [5.41, 5.74) is 4.50. The van der Waals surface area contributed by atoms with Crippen LogP contribution < -0.4 is 14.5 Å². The van der Waals surface area contributed by atoms with E-state index in [0.29, 0.717) is 10.8 Å². The molecular formula is C23H22ClN3O4S. The smallest absolute Gasteiger partial charge is 0.264 e. The molecule has 9 heteroatoms. The van der Waals surface area contributed by atoms with E-state index in [0.717, 1.165) is 15.4 Å². The molecule has 0 radical (unpaired) electrons. The normalized spacial score (nSPS) is 11.3. The Kier molecular flexibility index (Phi) is 7.50. The highest BCUT2D eigenvalue weighted by molar-refractivity contribution is 7.92. The second kappa shape index (κ2) is 10.3. The van der Waals surface area contributed by atoms with Gasteiger partial charge in [-0.15, -0.1) is 0 Å². The molecule has 0 atom stereocenters. The van der Waals surface area contributed by atoms with Gasteiger partial charge in [-0.1, -0.05) is 47.5 Å². The third-order valence-electron chi connectivity index (χ3n) is 4.48. The average Bonchev–Trinajstić information content (AvgIpc) is 2.77. The molecule has 0 saturated carbocycles. The predicted molar refractivity (Wildman–Crippen MR) is 126 cm³/mol. The van der Waals surface area contributed by atoms with Crippen molar-refractivity contribution < 1.29 is 17.9 Å². The number of nitrogens with zero attached hydrogens (tertiary/aromatic N) is 2. The first-order valence-corrected chi connectivity index (χ1v) is 11.4. The number of nitrogens with one attached hydrogen (secondary N) is 1. The van der Waals surface area contributed by atoms with Crippen molar-refractivity contribution in [1.82, 2.24) is 5.43 Å². The van der Waals surface area contributed by atoms with Crippen LogP contribution in [0.4, 0.5) is 5.69 Å². The minimum absolute atomic E-state index is 0.00865. The van der Waals surface area contributed by atoms with Crippen LogP contribution in [0.3, 0.4) is 0 Å². The number of sulfonamides is 1. The van der Waals surface area contributed by atoms with Crippen LogP contribution in [0.1, 0.15) is 11.1 Å². The lowest BCUT2D eigenvalue weighted by Crippen LogP contribution is -2.39. The number of amides is 1. The number of carbonyl (C=O) groups is 1. The first-order chi connectivity index (χ1) is 15.3. The van der Waals surface area contributed by atoms with Gasteiger partial charge in [0.25, 0.3) is 15.9 Å². The number of aryl methyl sites for hydroxylation is 1. The minimum Gasteiger partial charge on any atom is -0.497 e. The molecule has 166 valence electrons. The number of hydrogen-bond acceptors (Lipinski definition) is 5. The van der Waals surface area contributed by atoms with Gasteiger partial charge < -0.3 is 4.74 Å². The van der Waals surface area contributed by atoms with Crippen LogP contribution in [-0.2, 0) is 14.8 Å². The summed E-state index contributed by atoms with van der Waals surface area (Å²) in [5.74, 6) is -0.0903. The van der Waals surface area contributed by atoms with E-state index >= 15 is 0 Å². The van der Waals surface area contributed by atoms with E-state index in [4.69, 9.17) is 16.3 Å². The average molecular weight is 472 g/mol. The lowest BCUT2D eigenvalue weighted by molar-refractivity contribution is -0.119. The van der Waals surface area contributed by atoms with Gasteiger partial charge in [0.1, 0.15) is 12.3 Å². The fourth-order valence-corrected chi connectivity index (χ4v) is 4.51. The highest BCUT2D eigenvalue weighted by Crippen LogP contribution is 2.27. The standard InChI is InChI=1S/C23H22ClN3O4S/c1-17-5-3-6-18(13-17)15-25-26-23(28)16-27(20-8-4-7-19(24)14-20)32(29,30)22-11-9-21(31-2)10-12-22/h3-15H,16H2,1-2H3,(H,26,28)/b25-15-. The Morgan fingerprint density at radius 1 is 1.09 bits per heavy atom. The van der Waals surface area contributed by atoms with Crippen LogP contribution >= 0.6 is 11.6 Å². The molecule has 32 heavy (non-hydrogen) atoms. The number of hydrazone groups is 1. The van der Waals surface area contributed by atoms with E-state index < -0.39 is 22.5 Å². The molecule has 0 heterocycles. The summed E-state index contributed by atoms with van der Waals surface area (Å²) in [6, 6.07) is 19.8. The largest absolute Gasteiger partial charge is 0.497 e. The van der Waals surface area contributed by atoms with E-state index in [1.165, 1.54) is 43.7 Å². The van der Waals surface area contributed by atoms with Crippen molar-refractivity contribution in [3.63, 3.8) is 0 Å². The number of carbonyl (C=O) groups excluding carboxylic acids is 1. The van der Waals surface area contributed by atoms with E-state index in [9.17, 15) is 13.2 Å². The third kappa shape index (κ3) is 5.87. The molecule has 1 amide bonds. The summed E-state index contributed by atoms with van der Waals surface area (Å²) in [6.07, 6.45) is 1.49. The third-order valence-corrected chi connectivity index (χ3v) is 6.50.